The van der Waals surface area contributed by atoms with Gasteiger partial charge in [0.2, 0.25) is 0 Å². The van der Waals surface area contributed by atoms with Crippen LogP contribution in [-0.2, 0) is 11.2 Å². The molecule has 0 aromatic heterocycles. The molecular weight excluding hydrogens is 330 g/mol. The number of hydrogen-bond donors (Lipinski definition) is 1. The highest BCUT2D eigenvalue weighted by molar-refractivity contribution is 5.94. The van der Waals surface area contributed by atoms with Gasteiger partial charge in [-0.25, -0.2) is 0 Å². The Bertz CT molecular complexity index is 708. The molecule has 2 aromatic rings. The first kappa shape index (κ1) is 18.3. The van der Waals surface area contributed by atoms with Crippen LogP contribution in [0.3, 0.4) is 0 Å². The molecule has 138 valence electrons. The van der Waals surface area contributed by atoms with Crippen LogP contribution in [0.2, 0.25) is 0 Å². The summed E-state index contributed by atoms with van der Waals surface area (Å²) in [6, 6.07) is 15.1. The molecule has 3 rings (SSSR count). The fraction of sp³-hybridized carbons (Fsp3) is 0.381. The highest BCUT2D eigenvalue weighted by Gasteiger charge is 2.16. The quantitative estimate of drug-likeness (QED) is 0.790. The Labute approximate surface area is 154 Å². The number of amides is 1. The molecule has 1 amide bonds. The maximum Gasteiger partial charge on any atom is 0.251 e. The third-order valence-corrected chi connectivity index (χ3v) is 4.41. The molecule has 1 saturated heterocycles. The molecular formula is C21H25NO4. The van der Waals surface area contributed by atoms with Gasteiger partial charge < -0.3 is 19.5 Å². The van der Waals surface area contributed by atoms with Crippen LogP contribution in [0.25, 0.3) is 0 Å². The van der Waals surface area contributed by atoms with Crippen LogP contribution in [-0.4, -0.2) is 38.9 Å². The van der Waals surface area contributed by atoms with Crippen molar-refractivity contribution in [3.63, 3.8) is 0 Å². The summed E-state index contributed by atoms with van der Waals surface area (Å²) in [6.45, 7) is 1.92. The zero-order chi connectivity index (χ0) is 18.2. The lowest BCUT2D eigenvalue weighted by molar-refractivity contribution is 0.0679. The Morgan fingerprint density at radius 1 is 1.19 bits per heavy atom. The molecule has 1 fully saturated rings. The van der Waals surface area contributed by atoms with Gasteiger partial charge in [-0.1, -0.05) is 18.2 Å². The van der Waals surface area contributed by atoms with Crippen molar-refractivity contribution in [3.8, 4) is 11.5 Å². The molecule has 5 nitrogen and oxygen atoms in total. The third-order valence-electron chi connectivity index (χ3n) is 4.41. The van der Waals surface area contributed by atoms with Gasteiger partial charge in [-0.2, -0.15) is 0 Å². The predicted octanol–water partition coefficient (Wildman–Crippen LogP) is 3.23. The molecule has 0 radical (unpaired) electrons. The van der Waals surface area contributed by atoms with Gasteiger partial charge in [0.1, 0.15) is 18.1 Å². The van der Waals surface area contributed by atoms with Crippen molar-refractivity contribution >= 4 is 5.91 Å². The van der Waals surface area contributed by atoms with E-state index in [9.17, 15) is 4.79 Å². The molecule has 0 aliphatic carbocycles. The summed E-state index contributed by atoms with van der Waals surface area (Å²) in [5.74, 6) is 1.43. The molecule has 2 aromatic carbocycles. The van der Waals surface area contributed by atoms with Crippen molar-refractivity contribution in [3.05, 3.63) is 59.7 Å². The minimum atomic E-state index is -0.0962. The molecule has 1 heterocycles. The van der Waals surface area contributed by atoms with Crippen molar-refractivity contribution in [1.29, 1.82) is 0 Å². The summed E-state index contributed by atoms with van der Waals surface area (Å²) >= 11 is 0. The van der Waals surface area contributed by atoms with Gasteiger partial charge in [-0.3, -0.25) is 4.79 Å². The number of hydrogen-bond acceptors (Lipinski definition) is 4. The summed E-state index contributed by atoms with van der Waals surface area (Å²) in [7, 11) is 1.65. The summed E-state index contributed by atoms with van der Waals surface area (Å²) in [5.41, 5.74) is 1.75. The fourth-order valence-corrected chi connectivity index (χ4v) is 2.91. The molecule has 5 heteroatoms. The topological polar surface area (TPSA) is 56.8 Å². The summed E-state index contributed by atoms with van der Waals surface area (Å²) in [4.78, 5) is 12.3. The second kappa shape index (κ2) is 9.25. The summed E-state index contributed by atoms with van der Waals surface area (Å²) < 4.78 is 16.5. The Kier molecular flexibility index (Phi) is 6.50. The molecule has 0 bridgehead atoms. The standard InChI is InChI=1S/C21H25NO4/c1-24-18-9-7-16(8-10-18)11-12-22-21(23)17-4-2-5-19(14-17)26-15-20-6-3-13-25-20/h2,4-5,7-10,14,20H,3,6,11-13,15H2,1H3,(H,22,23). The Morgan fingerprint density at radius 2 is 2.04 bits per heavy atom. The van der Waals surface area contributed by atoms with Gasteiger partial charge in [0.25, 0.3) is 5.91 Å². The minimum absolute atomic E-state index is 0.0962. The Morgan fingerprint density at radius 3 is 2.77 bits per heavy atom. The fourth-order valence-electron chi connectivity index (χ4n) is 2.91. The highest BCUT2D eigenvalue weighted by Crippen LogP contribution is 2.17. The maximum atomic E-state index is 12.3. The van der Waals surface area contributed by atoms with Gasteiger partial charge in [-0.05, 0) is 55.2 Å². The lowest BCUT2D eigenvalue weighted by Gasteiger charge is -2.12. The van der Waals surface area contributed by atoms with Gasteiger partial charge in [0.15, 0.2) is 0 Å². The van der Waals surface area contributed by atoms with E-state index in [4.69, 9.17) is 14.2 Å². The monoisotopic (exact) mass is 355 g/mol. The predicted molar refractivity (Wildman–Crippen MR) is 99.9 cm³/mol. The van der Waals surface area contributed by atoms with Crippen LogP contribution in [0, 0.1) is 0 Å². The van der Waals surface area contributed by atoms with Crippen molar-refractivity contribution in [1.82, 2.24) is 5.32 Å². The van der Waals surface area contributed by atoms with Crippen LogP contribution in [0.1, 0.15) is 28.8 Å². The van der Waals surface area contributed by atoms with Crippen molar-refractivity contribution < 1.29 is 19.0 Å². The van der Waals surface area contributed by atoms with Crippen LogP contribution >= 0.6 is 0 Å². The van der Waals surface area contributed by atoms with E-state index in [0.717, 1.165) is 37.2 Å². The maximum absolute atomic E-state index is 12.3. The van der Waals surface area contributed by atoms with Crippen LogP contribution in [0.4, 0.5) is 0 Å². The van der Waals surface area contributed by atoms with E-state index in [1.807, 2.05) is 36.4 Å². The number of methoxy groups -OCH3 is 1. The zero-order valence-corrected chi connectivity index (χ0v) is 15.1. The smallest absolute Gasteiger partial charge is 0.251 e. The van der Waals surface area contributed by atoms with Crippen molar-refractivity contribution in [2.45, 2.75) is 25.4 Å². The minimum Gasteiger partial charge on any atom is -0.497 e. The van der Waals surface area contributed by atoms with Gasteiger partial charge in [0.05, 0.1) is 13.2 Å². The van der Waals surface area contributed by atoms with E-state index in [-0.39, 0.29) is 12.0 Å². The molecule has 1 atom stereocenters. The van der Waals surface area contributed by atoms with Crippen LogP contribution in [0.5, 0.6) is 11.5 Å². The number of carbonyl (C=O) groups excluding carboxylic acids is 1. The average Bonchev–Trinajstić information content (AvgIpc) is 3.21. The van der Waals surface area contributed by atoms with E-state index < -0.39 is 0 Å². The molecule has 0 saturated carbocycles. The SMILES string of the molecule is COc1ccc(CCNC(=O)c2cccc(OCC3CCCO3)c2)cc1. The second-order valence-corrected chi connectivity index (χ2v) is 6.33. The number of rotatable bonds is 8. The number of nitrogens with one attached hydrogen (secondary N) is 1. The molecule has 1 unspecified atom stereocenters. The third kappa shape index (κ3) is 5.23. The normalized spacial score (nSPS) is 16.3. The molecule has 1 aliphatic heterocycles. The van der Waals surface area contributed by atoms with E-state index in [1.165, 1.54) is 0 Å². The van der Waals surface area contributed by atoms with E-state index in [0.29, 0.717) is 24.5 Å². The van der Waals surface area contributed by atoms with Crippen LogP contribution in [0.15, 0.2) is 48.5 Å². The molecule has 1 N–H and O–H groups in total. The van der Waals surface area contributed by atoms with E-state index in [2.05, 4.69) is 5.32 Å². The van der Waals surface area contributed by atoms with Crippen LogP contribution < -0.4 is 14.8 Å². The van der Waals surface area contributed by atoms with Crippen molar-refractivity contribution in [2.75, 3.05) is 26.9 Å². The van der Waals surface area contributed by atoms with Gasteiger partial charge in [-0.15, -0.1) is 0 Å². The molecule has 1 aliphatic rings. The van der Waals surface area contributed by atoms with E-state index in [1.54, 1.807) is 19.2 Å². The summed E-state index contributed by atoms with van der Waals surface area (Å²) in [6.07, 6.45) is 3.05. The number of carbonyl (C=O) groups is 1. The first-order valence-electron chi connectivity index (χ1n) is 9.00. The first-order valence-corrected chi connectivity index (χ1v) is 9.00. The molecule has 0 spiro atoms. The number of ether oxygens (including phenoxy) is 3. The van der Waals surface area contributed by atoms with E-state index >= 15 is 0 Å². The summed E-state index contributed by atoms with van der Waals surface area (Å²) in [5, 5.41) is 2.95. The van der Waals surface area contributed by atoms with Crippen molar-refractivity contribution in [2.24, 2.45) is 0 Å². The lowest BCUT2D eigenvalue weighted by Crippen LogP contribution is -2.25. The molecule has 26 heavy (non-hydrogen) atoms. The average molecular weight is 355 g/mol. The Hall–Kier alpha value is -2.53. The lowest BCUT2D eigenvalue weighted by atomic mass is 10.1. The zero-order valence-electron chi connectivity index (χ0n) is 15.1. The largest absolute Gasteiger partial charge is 0.497 e. The highest BCUT2D eigenvalue weighted by atomic mass is 16.5. The Balaban J connectivity index is 1.46. The first-order chi connectivity index (χ1) is 12.7. The number of benzene rings is 2. The van der Waals surface area contributed by atoms with Gasteiger partial charge >= 0.3 is 0 Å². The van der Waals surface area contributed by atoms with Gasteiger partial charge in [0, 0.05) is 18.7 Å². The second-order valence-electron chi connectivity index (χ2n) is 6.33.